The molecule has 79 heavy (non-hydrogen) atoms. The number of hydrogen-bond donors (Lipinski definition) is 12. The predicted octanol–water partition coefficient (Wildman–Crippen LogP) is 1.27. The van der Waals surface area contributed by atoms with Crippen LogP contribution in [-0.2, 0) is 52.8 Å². The lowest BCUT2D eigenvalue weighted by atomic mass is 10.0. The second-order valence-corrected chi connectivity index (χ2v) is 21.5. The highest BCUT2D eigenvalue weighted by atomic mass is 33.1. The van der Waals surface area contributed by atoms with Crippen LogP contribution in [0, 0.1) is 0 Å². The van der Waals surface area contributed by atoms with E-state index in [1.165, 1.54) is 26.1 Å². The number of para-hydroxylation sites is 1. The zero-order valence-corrected chi connectivity index (χ0v) is 45.2. The van der Waals surface area contributed by atoms with Gasteiger partial charge in [0.05, 0.1) is 12.1 Å². The summed E-state index contributed by atoms with van der Waals surface area (Å²) < 4.78 is 0. The smallest absolute Gasteiger partial charge is 0.327 e. The lowest BCUT2D eigenvalue weighted by Crippen LogP contribution is -2.63. The van der Waals surface area contributed by atoms with Gasteiger partial charge in [-0.1, -0.05) is 131 Å². The molecule has 0 saturated carbocycles. The van der Waals surface area contributed by atoms with E-state index in [9.17, 15) is 53.4 Å². The van der Waals surface area contributed by atoms with Crippen LogP contribution in [0.15, 0.2) is 121 Å². The molecule has 9 atom stereocenters. The zero-order chi connectivity index (χ0) is 57.0. The highest BCUT2D eigenvalue weighted by molar-refractivity contribution is 8.76. The quantitative estimate of drug-likeness (QED) is 0.0423. The lowest BCUT2D eigenvalue weighted by molar-refractivity contribution is -0.141. The van der Waals surface area contributed by atoms with Gasteiger partial charge in [-0.25, -0.2) is 9.59 Å². The van der Waals surface area contributed by atoms with E-state index < -0.39 is 108 Å². The van der Waals surface area contributed by atoms with E-state index in [1.54, 1.807) is 103 Å². The number of aliphatic carboxylic acids is 1. The van der Waals surface area contributed by atoms with Crippen LogP contribution in [-0.4, -0.2) is 153 Å². The average molecular weight is 1120 g/mol. The summed E-state index contributed by atoms with van der Waals surface area (Å²) in [5, 5.41) is 40.3. The van der Waals surface area contributed by atoms with Crippen LogP contribution >= 0.6 is 21.6 Å². The van der Waals surface area contributed by atoms with E-state index in [1.807, 2.05) is 6.07 Å². The molecule has 0 aliphatic carbocycles. The minimum absolute atomic E-state index is 0.0340. The molecule has 1 aromatic heterocycles. The minimum Gasteiger partial charge on any atom is -0.480 e. The number of amides is 8. The number of benzene rings is 4. The fourth-order valence-electron chi connectivity index (χ4n) is 8.54. The van der Waals surface area contributed by atoms with Gasteiger partial charge in [0.2, 0.25) is 41.2 Å². The summed E-state index contributed by atoms with van der Waals surface area (Å²) in [6.07, 6.45) is -1.41. The zero-order valence-electron chi connectivity index (χ0n) is 43.6. The van der Waals surface area contributed by atoms with Crippen LogP contribution in [0.5, 0.6) is 0 Å². The molecule has 1 fully saturated rings. The van der Waals surface area contributed by atoms with Crippen molar-refractivity contribution in [3.05, 3.63) is 144 Å². The fourth-order valence-corrected chi connectivity index (χ4v) is 10.8. The Bertz CT molecular complexity index is 2900. The molecule has 1 aliphatic heterocycles. The van der Waals surface area contributed by atoms with Gasteiger partial charge in [0.15, 0.2) is 6.17 Å². The SMILES string of the molecule is C[C@@H](O)[C@@H]1NC(=O)[C@H](CCCCN)NC(=O)[C@@H](Cc2c[nH]c3ccccc23)NC(=O)N(C)[C@H](C(=O)c2ccccc2)NC(=O)[C@H](Cc2ccccc2)NC(=O)[C@@H](N)CSSC[C@@H](C(=O)O)NC(=O)[C@H](Cc2ccccc2)NC1=O. The van der Waals surface area contributed by atoms with Crippen LogP contribution in [0.2, 0.25) is 0 Å². The molecule has 0 spiro atoms. The maximum Gasteiger partial charge on any atom is 0.327 e. The van der Waals surface area contributed by atoms with Crippen molar-refractivity contribution >= 4 is 85.7 Å². The van der Waals surface area contributed by atoms with Gasteiger partial charge < -0.3 is 68.8 Å². The summed E-state index contributed by atoms with van der Waals surface area (Å²) in [5.41, 5.74) is 14.8. The summed E-state index contributed by atoms with van der Waals surface area (Å²) in [6, 6.07) is 21.0. The lowest BCUT2D eigenvalue weighted by Gasteiger charge is -2.32. The summed E-state index contributed by atoms with van der Waals surface area (Å²) in [7, 11) is 3.24. The number of carbonyl (C=O) groups excluding carboxylic acids is 8. The van der Waals surface area contributed by atoms with Crippen LogP contribution in [0.25, 0.3) is 10.9 Å². The first-order chi connectivity index (χ1) is 37.9. The Morgan fingerprint density at radius 2 is 1.14 bits per heavy atom. The van der Waals surface area contributed by atoms with Gasteiger partial charge in [0, 0.05) is 60.5 Å². The van der Waals surface area contributed by atoms with Gasteiger partial charge in [0.25, 0.3) is 0 Å². The summed E-state index contributed by atoms with van der Waals surface area (Å²) in [4.78, 5) is 132. The number of Topliss-reactive ketones (excluding diaryl/α,β-unsaturated/α-hetero) is 1. The number of aromatic nitrogens is 1. The third kappa shape index (κ3) is 17.6. The van der Waals surface area contributed by atoms with E-state index in [0.717, 1.165) is 26.5 Å². The Hall–Kier alpha value is -7.77. The number of aromatic amines is 1. The van der Waals surface area contributed by atoms with Crippen molar-refractivity contribution in [2.75, 3.05) is 25.1 Å². The molecule has 5 aromatic rings. The number of carbonyl (C=O) groups is 9. The van der Waals surface area contributed by atoms with Crippen molar-refractivity contribution in [2.24, 2.45) is 11.5 Å². The Kier molecular flexibility index (Phi) is 22.8. The number of urea groups is 1. The monoisotopic (exact) mass is 1120 g/mol. The third-order valence-corrected chi connectivity index (χ3v) is 15.4. The van der Waals surface area contributed by atoms with E-state index in [-0.39, 0.29) is 49.3 Å². The number of rotatable bonds is 14. The largest absolute Gasteiger partial charge is 0.480 e. The molecule has 24 heteroatoms. The number of aliphatic hydroxyl groups excluding tert-OH is 1. The molecule has 6 rings (SSSR count). The van der Waals surface area contributed by atoms with Gasteiger partial charge in [-0.2, -0.15) is 0 Å². The molecule has 0 radical (unpaired) electrons. The van der Waals surface area contributed by atoms with Crippen molar-refractivity contribution < 1.29 is 53.4 Å². The molecule has 14 N–H and O–H groups in total. The number of nitrogens with two attached hydrogens (primary N) is 2. The number of nitrogens with one attached hydrogen (secondary N) is 8. The number of likely N-dealkylation sites (N-methyl/N-ethyl adjacent to an activating group) is 1. The summed E-state index contributed by atoms with van der Waals surface area (Å²) in [5.74, 6) is -7.88. The van der Waals surface area contributed by atoms with Gasteiger partial charge in [-0.05, 0) is 55.5 Å². The van der Waals surface area contributed by atoms with Gasteiger partial charge in [-0.15, -0.1) is 0 Å². The number of carboxylic acid groups (broad SMARTS) is 1. The number of H-pyrrole nitrogens is 1. The predicted molar refractivity (Wildman–Crippen MR) is 300 cm³/mol. The van der Waals surface area contributed by atoms with Crippen LogP contribution < -0.4 is 48.7 Å². The Morgan fingerprint density at radius 3 is 1.75 bits per heavy atom. The molecule has 0 unspecified atom stereocenters. The van der Waals surface area contributed by atoms with Crippen molar-refractivity contribution in [3.63, 3.8) is 0 Å². The van der Waals surface area contributed by atoms with Crippen molar-refractivity contribution in [1.29, 1.82) is 0 Å². The molecule has 1 saturated heterocycles. The molecule has 2 heterocycles. The molecule has 1 aliphatic rings. The maximum absolute atomic E-state index is 14.8. The van der Waals surface area contributed by atoms with E-state index in [0.29, 0.717) is 40.4 Å². The topological polar surface area (TPSA) is 349 Å². The Morgan fingerprint density at radius 1 is 0.620 bits per heavy atom. The van der Waals surface area contributed by atoms with Crippen LogP contribution in [0.3, 0.4) is 0 Å². The summed E-state index contributed by atoms with van der Waals surface area (Å²) in [6.45, 7) is 1.46. The molecule has 4 aromatic carbocycles. The van der Waals surface area contributed by atoms with Gasteiger partial charge >= 0.3 is 12.0 Å². The molecule has 0 bridgehead atoms. The molecular weight excluding hydrogens is 1050 g/mol. The average Bonchev–Trinajstić information content (AvgIpc) is 3.85. The van der Waals surface area contributed by atoms with Crippen molar-refractivity contribution in [2.45, 2.75) is 100 Å². The van der Waals surface area contributed by atoms with Crippen molar-refractivity contribution in [3.8, 4) is 0 Å². The Balaban J connectivity index is 1.41. The molecule has 420 valence electrons. The number of aliphatic hydroxyl groups is 1. The number of hydrogen-bond acceptors (Lipinski definition) is 14. The molecular formula is C55H67N11O11S2. The molecule has 8 amide bonds. The van der Waals surface area contributed by atoms with Crippen LogP contribution in [0.4, 0.5) is 4.79 Å². The summed E-state index contributed by atoms with van der Waals surface area (Å²) >= 11 is 0. The number of carboxylic acids is 1. The van der Waals surface area contributed by atoms with E-state index in [2.05, 4.69) is 42.2 Å². The van der Waals surface area contributed by atoms with Gasteiger partial charge in [0.1, 0.15) is 36.3 Å². The second-order valence-electron chi connectivity index (χ2n) is 19.0. The fraction of sp³-hybridized carbons (Fsp3) is 0.364. The Labute approximate surface area is 464 Å². The number of nitrogens with zero attached hydrogens (tertiary/aromatic N) is 1. The van der Waals surface area contributed by atoms with E-state index in [4.69, 9.17) is 11.5 Å². The number of unbranched alkanes of at least 4 members (excludes halogenated alkanes) is 1. The maximum atomic E-state index is 14.8. The second kappa shape index (κ2) is 29.8. The van der Waals surface area contributed by atoms with E-state index >= 15 is 0 Å². The highest BCUT2D eigenvalue weighted by Gasteiger charge is 2.38. The number of ketones is 1. The first-order valence-electron chi connectivity index (χ1n) is 25.6. The highest BCUT2D eigenvalue weighted by Crippen LogP contribution is 2.24. The number of fused-ring (bicyclic) bond motifs is 1. The third-order valence-electron chi connectivity index (χ3n) is 13.0. The van der Waals surface area contributed by atoms with Gasteiger partial charge in [-0.3, -0.25) is 33.6 Å². The first kappa shape index (κ1) is 60.5. The van der Waals surface area contributed by atoms with Crippen molar-refractivity contribution in [1.82, 2.24) is 47.1 Å². The first-order valence-corrected chi connectivity index (χ1v) is 28.1. The molecule has 22 nitrogen and oxygen atoms in total. The van der Waals surface area contributed by atoms with Crippen LogP contribution in [0.1, 0.15) is 53.2 Å². The minimum atomic E-state index is -1.75. The normalized spacial score (nSPS) is 23.4. The standard InChI is InChI=1S/C55H67N11O11S2/c1-32(67)45-53(74)61-41(26-33-16-6-3-7-17-33)50(71)62-44(54(75)76)31-79-78-30-38(57)48(69)60-42(27-34-18-8-4-9-19-34)52(73)65-47(46(68)35-20-10-5-11-21-35)66(2)55(77)63-43(28-36-29-58-39-23-13-12-22-37(36)39)51(72)59-40(49(70)64-45)24-14-15-25-56/h3-13,16-23,29,32,38,40-45,47,58,67H,14-15,24-28,30-31,56-57H2,1-2H3,(H,59,72)(H,60,69)(H,61,74)(H,62,71)(H,63,77)(H,64,70)(H,65,73)(H,75,76)/t32-,38+,40+,41+,42+,43-,44+,45+,47-/m1/s1.